The second-order valence-electron chi connectivity index (χ2n) is 9.90. The Labute approximate surface area is 240 Å². The second-order valence-corrected chi connectivity index (χ2v) is 9.90. The molecule has 1 saturated carbocycles. The van der Waals surface area contributed by atoms with Crippen molar-refractivity contribution in [2.45, 2.75) is 51.1 Å². The number of rotatable bonds is 16. The lowest BCUT2D eigenvalue weighted by Crippen LogP contribution is -2.27. The summed E-state index contributed by atoms with van der Waals surface area (Å²) in [4.78, 5) is 25.6. The van der Waals surface area contributed by atoms with E-state index >= 15 is 0 Å². The lowest BCUT2D eigenvalue weighted by Gasteiger charge is -2.17. The van der Waals surface area contributed by atoms with Gasteiger partial charge < -0.3 is 30.7 Å². The van der Waals surface area contributed by atoms with Gasteiger partial charge in [-0.25, -0.2) is 4.39 Å². The van der Waals surface area contributed by atoms with Crippen LogP contribution in [-0.2, 0) is 16.0 Å². The fourth-order valence-corrected chi connectivity index (χ4v) is 4.52. The lowest BCUT2D eigenvalue weighted by atomic mass is 10.1. The zero-order valence-corrected chi connectivity index (χ0v) is 23.4. The number of halogens is 1. The first-order chi connectivity index (χ1) is 20.2. The average molecular weight is 566 g/mol. The summed E-state index contributed by atoms with van der Waals surface area (Å²) in [6, 6.07) is 15.9. The van der Waals surface area contributed by atoms with Crippen LogP contribution in [0.15, 0.2) is 54.6 Å². The molecule has 0 bridgehead atoms. The highest BCUT2D eigenvalue weighted by molar-refractivity contribution is 5.94. The van der Waals surface area contributed by atoms with Crippen LogP contribution in [0.25, 0.3) is 0 Å². The Morgan fingerprint density at radius 1 is 0.780 bits per heavy atom. The van der Waals surface area contributed by atoms with E-state index in [1.807, 2.05) is 24.3 Å². The Bertz CT molecular complexity index is 1190. The van der Waals surface area contributed by atoms with Crippen LogP contribution in [0.3, 0.4) is 0 Å². The van der Waals surface area contributed by atoms with Crippen molar-refractivity contribution in [3.63, 3.8) is 0 Å². The SMILES string of the molecule is O=C(NCCOCCOCCNc1nc(NCc2cccc(F)c2)nc(NC2CCCCCC2)n1)c1ccccc1. The molecule has 41 heavy (non-hydrogen) atoms. The van der Waals surface area contributed by atoms with Gasteiger partial charge in [-0.15, -0.1) is 0 Å². The third-order valence-electron chi connectivity index (χ3n) is 6.63. The smallest absolute Gasteiger partial charge is 0.251 e. The van der Waals surface area contributed by atoms with Gasteiger partial charge in [0.15, 0.2) is 0 Å². The molecule has 10 nitrogen and oxygen atoms in total. The predicted octanol–water partition coefficient (Wildman–Crippen LogP) is 4.63. The minimum Gasteiger partial charge on any atom is -0.377 e. The maximum absolute atomic E-state index is 13.6. The van der Waals surface area contributed by atoms with E-state index in [9.17, 15) is 9.18 Å². The molecule has 2 aromatic carbocycles. The Balaban J connectivity index is 1.17. The van der Waals surface area contributed by atoms with Crippen LogP contribution in [0.4, 0.5) is 22.2 Å². The van der Waals surface area contributed by atoms with Gasteiger partial charge in [-0.2, -0.15) is 15.0 Å². The summed E-state index contributed by atoms with van der Waals surface area (Å²) in [5.41, 5.74) is 1.43. The molecule has 3 aromatic rings. The molecule has 1 fully saturated rings. The van der Waals surface area contributed by atoms with Gasteiger partial charge in [-0.3, -0.25) is 4.79 Å². The highest BCUT2D eigenvalue weighted by Gasteiger charge is 2.15. The van der Waals surface area contributed by atoms with Gasteiger partial charge in [0.05, 0.1) is 26.4 Å². The highest BCUT2D eigenvalue weighted by atomic mass is 19.1. The highest BCUT2D eigenvalue weighted by Crippen LogP contribution is 2.21. The number of hydrogen-bond donors (Lipinski definition) is 4. The Morgan fingerprint density at radius 3 is 2.20 bits per heavy atom. The fourth-order valence-electron chi connectivity index (χ4n) is 4.52. The minimum atomic E-state index is -0.279. The van der Waals surface area contributed by atoms with E-state index in [4.69, 9.17) is 9.47 Å². The Morgan fingerprint density at radius 2 is 1.46 bits per heavy atom. The molecule has 1 amide bonds. The molecular weight excluding hydrogens is 525 g/mol. The van der Waals surface area contributed by atoms with E-state index in [0.29, 0.717) is 75.5 Å². The molecule has 0 unspecified atom stereocenters. The second kappa shape index (κ2) is 17.1. The zero-order valence-electron chi connectivity index (χ0n) is 23.4. The van der Waals surface area contributed by atoms with Crippen molar-refractivity contribution in [3.8, 4) is 0 Å². The first-order valence-corrected chi connectivity index (χ1v) is 14.4. The molecular formula is C30H40FN7O3. The molecule has 0 radical (unpaired) electrons. The van der Waals surface area contributed by atoms with Crippen molar-refractivity contribution < 1.29 is 18.7 Å². The van der Waals surface area contributed by atoms with Crippen molar-refractivity contribution in [1.29, 1.82) is 0 Å². The van der Waals surface area contributed by atoms with Crippen LogP contribution in [-0.4, -0.2) is 66.4 Å². The maximum Gasteiger partial charge on any atom is 0.251 e. The van der Waals surface area contributed by atoms with E-state index < -0.39 is 0 Å². The van der Waals surface area contributed by atoms with Gasteiger partial charge in [-0.1, -0.05) is 56.0 Å². The third-order valence-corrected chi connectivity index (χ3v) is 6.63. The monoisotopic (exact) mass is 565 g/mol. The molecule has 0 saturated heterocycles. The minimum absolute atomic E-state index is 0.116. The number of amides is 1. The number of aromatic nitrogens is 3. The lowest BCUT2D eigenvalue weighted by molar-refractivity contribution is 0.0519. The average Bonchev–Trinajstić information content (AvgIpc) is 3.26. The summed E-state index contributed by atoms with van der Waals surface area (Å²) in [5.74, 6) is 0.973. The first-order valence-electron chi connectivity index (χ1n) is 14.4. The van der Waals surface area contributed by atoms with Crippen molar-refractivity contribution in [2.75, 3.05) is 55.5 Å². The number of hydrogen-bond acceptors (Lipinski definition) is 9. The summed E-state index contributed by atoms with van der Waals surface area (Å²) in [5, 5.41) is 12.7. The van der Waals surface area contributed by atoms with Gasteiger partial charge in [0, 0.05) is 31.2 Å². The summed E-state index contributed by atoms with van der Waals surface area (Å²) < 4.78 is 24.8. The summed E-state index contributed by atoms with van der Waals surface area (Å²) >= 11 is 0. The quantitative estimate of drug-likeness (QED) is 0.145. The van der Waals surface area contributed by atoms with Crippen LogP contribution >= 0.6 is 0 Å². The van der Waals surface area contributed by atoms with Gasteiger partial charge in [-0.05, 0) is 42.7 Å². The van der Waals surface area contributed by atoms with E-state index in [0.717, 1.165) is 18.4 Å². The van der Waals surface area contributed by atoms with Crippen LogP contribution in [0.1, 0.15) is 54.4 Å². The fraction of sp³-hybridized carbons (Fsp3) is 0.467. The Kier molecular flexibility index (Phi) is 12.6. The molecule has 0 aliphatic heterocycles. The number of nitrogens with one attached hydrogen (secondary N) is 4. The van der Waals surface area contributed by atoms with E-state index in [1.165, 1.54) is 37.8 Å². The van der Waals surface area contributed by atoms with Gasteiger partial charge in [0.25, 0.3) is 5.91 Å². The Hall–Kier alpha value is -3.83. The topological polar surface area (TPSA) is 122 Å². The number of benzene rings is 2. The molecule has 4 N–H and O–H groups in total. The summed E-state index contributed by atoms with van der Waals surface area (Å²) in [6.07, 6.45) is 7.10. The third kappa shape index (κ3) is 11.3. The molecule has 1 aromatic heterocycles. The molecule has 1 aliphatic carbocycles. The molecule has 0 spiro atoms. The maximum atomic E-state index is 13.6. The molecule has 1 aliphatic rings. The molecule has 0 atom stereocenters. The zero-order chi connectivity index (χ0) is 28.5. The number of nitrogens with zero attached hydrogens (tertiary/aromatic N) is 3. The van der Waals surface area contributed by atoms with Crippen LogP contribution in [0.2, 0.25) is 0 Å². The number of carbonyl (C=O) groups is 1. The molecule has 220 valence electrons. The van der Waals surface area contributed by atoms with E-state index in [-0.39, 0.29) is 11.7 Å². The predicted molar refractivity (Wildman–Crippen MR) is 158 cm³/mol. The van der Waals surface area contributed by atoms with Crippen LogP contribution in [0, 0.1) is 5.82 Å². The van der Waals surface area contributed by atoms with Crippen molar-refractivity contribution in [3.05, 3.63) is 71.5 Å². The van der Waals surface area contributed by atoms with Crippen LogP contribution in [0.5, 0.6) is 0 Å². The van der Waals surface area contributed by atoms with Crippen LogP contribution < -0.4 is 21.3 Å². The van der Waals surface area contributed by atoms with Gasteiger partial charge in [0.2, 0.25) is 17.8 Å². The van der Waals surface area contributed by atoms with Crippen molar-refractivity contribution in [1.82, 2.24) is 20.3 Å². The van der Waals surface area contributed by atoms with Gasteiger partial charge >= 0.3 is 0 Å². The first kappa shape index (κ1) is 30.1. The van der Waals surface area contributed by atoms with Gasteiger partial charge in [0.1, 0.15) is 5.82 Å². The van der Waals surface area contributed by atoms with Crippen molar-refractivity contribution in [2.24, 2.45) is 0 Å². The normalized spacial score (nSPS) is 13.8. The molecule has 4 rings (SSSR count). The summed E-state index contributed by atoms with van der Waals surface area (Å²) in [6.45, 7) is 3.04. The van der Waals surface area contributed by atoms with E-state index in [1.54, 1.807) is 18.2 Å². The number of anilines is 3. The molecule has 11 heteroatoms. The standard InChI is InChI=1S/C30H40FN7O3/c31-25-12-8-9-23(21-25)22-34-29-36-28(37-30(38-29)35-26-13-6-1-2-7-14-26)33-16-18-41-20-19-40-17-15-32-27(39)24-10-4-3-5-11-24/h3-5,8-12,21,26H,1-2,6-7,13-20,22H2,(H,32,39)(H3,33,34,35,36,37,38). The van der Waals surface area contributed by atoms with Crippen molar-refractivity contribution >= 4 is 23.8 Å². The van der Waals surface area contributed by atoms with E-state index in [2.05, 4.69) is 36.2 Å². The summed E-state index contributed by atoms with van der Waals surface area (Å²) in [7, 11) is 0. The number of carbonyl (C=O) groups excluding carboxylic acids is 1. The largest absolute Gasteiger partial charge is 0.377 e. The number of ether oxygens (including phenoxy) is 2. The molecule has 1 heterocycles.